The second kappa shape index (κ2) is 5.35. The minimum atomic E-state index is -4.35. The van der Waals surface area contributed by atoms with Crippen molar-refractivity contribution < 1.29 is 22.6 Å². The van der Waals surface area contributed by atoms with E-state index in [-0.39, 0.29) is 28.2 Å². The Labute approximate surface area is 109 Å². The molecule has 0 aromatic heterocycles. The molecule has 0 aliphatic rings. The Morgan fingerprint density at radius 3 is 2.25 bits per heavy atom. The van der Waals surface area contributed by atoms with E-state index in [0.717, 1.165) is 0 Å². The summed E-state index contributed by atoms with van der Waals surface area (Å²) in [5, 5.41) is 0. The van der Waals surface area contributed by atoms with Crippen LogP contribution in [-0.2, 0) is 0 Å². The van der Waals surface area contributed by atoms with E-state index in [4.69, 9.17) is 9.47 Å². The summed E-state index contributed by atoms with van der Waals surface area (Å²) in [6, 6.07) is 3.12. The number of hydrogen-bond acceptors (Lipinski definition) is 3. The van der Waals surface area contributed by atoms with Crippen molar-refractivity contribution in [3.63, 3.8) is 0 Å². The van der Waals surface area contributed by atoms with E-state index in [1.54, 1.807) is 12.1 Å². The van der Waals surface area contributed by atoms with Crippen LogP contribution in [0.1, 0.15) is 0 Å². The van der Waals surface area contributed by atoms with Gasteiger partial charge in [-0.1, -0.05) is 0 Å². The number of thioether (sulfide) groups is 1. The molecule has 0 amide bonds. The normalized spacial score (nSPS) is 11.4. The summed E-state index contributed by atoms with van der Waals surface area (Å²) in [5.74, 6) is 0.395. The Morgan fingerprint density at radius 2 is 1.81 bits per heavy atom. The van der Waals surface area contributed by atoms with Crippen LogP contribution >= 0.6 is 34.4 Å². The highest BCUT2D eigenvalue weighted by Crippen LogP contribution is 2.47. The molecule has 0 radical (unpaired) electrons. The average molecular weight is 364 g/mol. The van der Waals surface area contributed by atoms with Crippen molar-refractivity contribution in [1.29, 1.82) is 0 Å². The highest BCUT2D eigenvalue weighted by molar-refractivity contribution is 14.1. The Kier molecular flexibility index (Phi) is 4.60. The van der Waals surface area contributed by atoms with E-state index in [2.05, 4.69) is 0 Å². The molecule has 0 heterocycles. The SMILES string of the molecule is COc1ccc(I)c(SC(F)(F)F)c1OC. The van der Waals surface area contributed by atoms with Gasteiger partial charge < -0.3 is 9.47 Å². The Bertz CT molecular complexity index is 382. The fourth-order valence-electron chi connectivity index (χ4n) is 1.09. The number of methoxy groups -OCH3 is 2. The molecule has 1 aromatic carbocycles. The van der Waals surface area contributed by atoms with Crippen molar-refractivity contribution in [3.05, 3.63) is 15.7 Å². The summed E-state index contributed by atoms with van der Waals surface area (Å²) < 4.78 is 47.4. The molecule has 16 heavy (non-hydrogen) atoms. The molecule has 0 unspecified atom stereocenters. The maximum Gasteiger partial charge on any atom is 0.446 e. The monoisotopic (exact) mass is 364 g/mol. The molecule has 0 aliphatic carbocycles. The molecule has 1 aromatic rings. The number of ether oxygens (including phenoxy) is 2. The molecule has 0 spiro atoms. The van der Waals surface area contributed by atoms with Gasteiger partial charge in [-0.15, -0.1) is 0 Å². The Hall–Kier alpha value is -0.310. The predicted octanol–water partition coefficient (Wildman–Crippen LogP) is 3.92. The van der Waals surface area contributed by atoms with Crippen LogP contribution in [-0.4, -0.2) is 19.7 Å². The molecule has 2 nitrogen and oxygen atoms in total. The van der Waals surface area contributed by atoms with Crippen LogP contribution in [0.4, 0.5) is 13.2 Å². The van der Waals surface area contributed by atoms with Crippen LogP contribution < -0.4 is 9.47 Å². The van der Waals surface area contributed by atoms with Crippen LogP contribution in [0.25, 0.3) is 0 Å². The molecule has 0 saturated carbocycles. The highest BCUT2D eigenvalue weighted by atomic mass is 127. The zero-order valence-corrected chi connectivity index (χ0v) is 11.4. The van der Waals surface area contributed by atoms with E-state index >= 15 is 0 Å². The summed E-state index contributed by atoms with van der Waals surface area (Å²) in [6.07, 6.45) is 0. The van der Waals surface area contributed by atoms with E-state index < -0.39 is 5.51 Å². The third kappa shape index (κ3) is 3.34. The van der Waals surface area contributed by atoms with Crippen molar-refractivity contribution in [1.82, 2.24) is 0 Å². The quantitative estimate of drug-likeness (QED) is 0.599. The standard InChI is InChI=1S/C9H8F3IO2S/c1-14-6-4-3-5(13)8(7(6)15-2)16-9(10,11)12/h3-4H,1-2H3. The number of rotatable bonds is 3. The summed E-state index contributed by atoms with van der Waals surface area (Å²) in [7, 11) is 2.70. The number of benzene rings is 1. The lowest BCUT2D eigenvalue weighted by atomic mass is 10.3. The topological polar surface area (TPSA) is 18.5 Å². The lowest BCUT2D eigenvalue weighted by Crippen LogP contribution is -2.02. The lowest BCUT2D eigenvalue weighted by molar-refractivity contribution is -0.0329. The smallest absolute Gasteiger partial charge is 0.446 e. The van der Waals surface area contributed by atoms with Gasteiger partial charge in [-0.25, -0.2) is 0 Å². The van der Waals surface area contributed by atoms with Gasteiger partial charge in [0.2, 0.25) is 0 Å². The molecule has 90 valence electrons. The first-order valence-corrected chi connectivity index (χ1v) is 5.94. The Morgan fingerprint density at radius 1 is 1.19 bits per heavy atom. The molecular formula is C9H8F3IO2S. The third-order valence-electron chi connectivity index (χ3n) is 1.67. The molecule has 1 rings (SSSR count). The second-order valence-corrected chi connectivity index (χ2v) is 4.90. The van der Waals surface area contributed by atoms with Crippen molar-refractivity contribution in [2.75, 3.05) is 14.2 Å². The van der Waals surface area contributed by atoms with Crippen LogP contribution in [0.15, 0.2) is 17.0 Å². The predicted molar refractivity (Wildman–Crippen MR) is 64.2 cm³/mol. The maximum absolute atomic E-state index is 12.3. The fourth-order valence-corrected chi connectivity index (χ4v) is 2.51. The number of halogens is 4. The van der Waals surface area contributed by atoms with Gasteiger partial charge in [-0.05, 0) is 46.5 Å². The van der Waals surface area contributed by atoms with E-state index in [1.807, 2.05) is 22.6 Å². The molecular weight excluding hydrogens is 356 g/mol. The first-order chi connectivity index (χ1) is 7.39. The van der Waals surface area contributed by atoms with E-state index in [1.165, 1.54) is 14.2 Å². The van der Waals surface area contributed by atoms with Gasteiger partial charge in [0.1, 0.15) is 0 Å². The molecule has 0 atom stereocenters. The molecule has 7 heteroatoms. The van der Waals surface area contributed by atoms with Gasteiger partial charge in [0, 0.05) is 3.57 Å². The molecule has 0 aliphatic heterocycles. The van der Waals surface area contributed by atoms with Crippen molar-refractivity contribution >= 4 is 34.4 Å². The highest BCUT2D eigenvalue weighted by Gasteiger charge is 2.33. The second-order valence-electron chi connectivity index (χ2n) is 2.66. The van der Waals surface area contributed by atoms with Crippen molar-refractivity contribution in [2.45, 2.75) is 10.4 Å². The fraction of sp³-hybridized carbons (Fsp3) is 0.333. The Balaban J connectivity index is 3.23. The number of alkyl halides is 3. The van der Waals surface area contributed by atoms with Crippen LogP contribution in [0, 0.1) is 3.57 Å². The van der Waals surface area contributed by atoms with Gasteiger partial charge in [0.15, 0.2) is 11.5 Å². The van der Waals surface area contributed by atoms with Gasteiger partial charge in [0.25, 0.3) is 0 Å². The van der Waals surface area contributed by atoms with E-state index in [9.17, 15) is 13.2 Å². The van der Waals surface area contributed by atoms with Gasteiger partial charge in [-0.2, -0.15) is 13.2 Å². The first kappa shape index (κ1) is 13.8. The zero-order chi connectivity index (χ0) is 12.3. The largest absolute Gasteiger partial charge is 0.493 e. The van der Waals surface area contributed by atoms with Crippen molar-refractivity contribution in [2.24, 2.45) is 0 Å². The third-order valence-corrected chi connectivity index (χ3v) is 3.78. The zero-order valence-electron chi connectivity index (χ0n) is 8.39. The summed E-state index contributed by atoms with van der Waals surface area (Å²) in [6.45, 7) is 0. The van der Waals surface area contributed by atoms with E-state index in [0.29, 0.717) is 3.57 Å². The summed E-state index contributed by atoms with van der Waals surface area (Å²) >= 11 is 1.62. The minimum Gasteiger partial charge on any atom is -0.493 e. The molecule has 0 saturated heterocycles. The first-order valence-electron chi connectivity index (χ1n) is 4.05. The summed E-state index contributed by atoms with van der Waals surface area (Å²) in [5.41, 5.74) is -4.35. The van der Waals surface area contributed by atoms with Crippen LogP contribution in [0.3, 0.4) is 0 Å². The van der Waals surface area contributed by atoms with Crippen molar-refractivity contribution in [3.8, 4) is 11.5 Å². The number of hydrogen-bond donors (Lipinski definition) is 0. The van der Waals surface area contributed by atoms with Crippen LogP contribution in [0.5, 0.6) is 11.5 Å². The average Bonchev–Trinajstić information content (AvgIpc) is 2.19. The summed E-state index contributed by atoms with van der Waals surface area (Å²) in [4.78, 5) is 0.0231. The maximum atomic E-state index is 12.3. The van der Waals surface area contributed by atoms with Gasteiger partial charge in [0.05, 0.1) is 19.1 Å². The molecule has 0 bridgehead atoms. The lowest BCUT2D eigenvalue weighted by Gasteiger charge is -2.14. The molecule has 0 N–H and O–H groups in total. The van der Waals surface area contributed by atoms with Crippen LogP contribution in [0.2, 0.25) is 0 Å². The minimum absolute atomic E-state index is 0.0231. The van der Waals surface area contributed by atoms with Gasteiger partial charge in [-0.3, -0.25) is 0 Å². The van der Waals surface area contributed by atoms with Gasteiger partial charge >= 0.3 is 5.51 Å². The molecule has 0 fully saturated rings.